The van der Waals surface area contributed by atoms with Crippen molar-refractivity contribution < 1.29 is 4.79 Å². The van der Waals surface area contributed by atoms with Gasteiger partial charge in [0.05, 0.1) is 0 Å². The second kappa shape index (κ2) is 8.30. The number of benzene rings is 2. The van der Waals surface area contributed by atoms with E-state index in [2.05, 4.69) is 29.6 Å². The molecule has 1 saturated carbocycles. The molecule has 2 atom stereocenters. The lowest BCUT2D eigenvalue weighted by atomic mass is 9.98. The van der Waals surface area contributed by atoms with Gasteiger partial charge in [-0.25, -0.2) is 0 Å². The van der Waals surface area contributed by atoms with E-state index in [0.717, 1.165) is 18.7 Å². The summed E-state index contributed by atoms with van der Waals surface area (Å²) in [6, 6.07) is 20.6. The summed E-state index contributed by atoms with van der Waals surface area (Å²) < 4.78 is 0. The highest BCUT2D eigenvalue weighted by Gasteiger charge is 2.36. The summed E-state index contributed by atoms with van der Waals surface area (Å²) in [5, 5.41) is 3.71. The predicted octanol–water partition coefficient (Wildman–Crippen LogP) is 4.34. The minimum Gasteiger partial charge on any atom is -0.342 e. The Kier molecular flexibility index (Phi) is 5.87. The molecule has 0 bridgehead atoms. The minimum absolute atomic E-state index is 0.165. The van der Waals surface area contributed by atoms with Crippen molar-refractivity contribution in [1.82, 2.24) is 10.2 Å². The molecule has 1 amide bonds. The lowest BCUT2D eigenvalue weighted by molar-refractivity contribution is -0.133. The topological polar surface area (TPSA) is 32.3 Å². The van der Waals surface area contributed by atoms with Gasteiger partial charge in [-0.05, 0) is 43.7 Å². The zero-order valence-corrected chi connectivity index (χ0v) is 15.2. The molecule has 132 valence electrons. The van der Waals surface area contributed by atoms with E-state index in [1.807, 2.05) is 55.1 Å². The Bertz CT molecular complexity index is 663. The first-order valence-electron chi connectivity index (χ1n) is 9.39. The Hall–Kier alpha value is -2.13. The van der Waals surface area contributed by atoms with Crippen molar-refractivity contribution in [2.75, 3.05) is 13.1 Å². The third kappa shape index (κ3) is 4.29. The number of hydrogen-bond acceptors (Lipinski definition) is 2. The van der Waals surface area contributed by atoms with Gasteiger partial charge in [0.25, 0.3) is 0 Å². The van der Waals surface area contributed by atoms with Crippen molar-refractivity contribution in [3.05, 3.63) is 71.8 Å². The van der Waals surface area contributed by atoms with E-state index in [-0.39, 0.29) is 18.0 Å². The van der Waals surface area contributed by atoms with E-state index >= 15 is 0 Å². The first-order chi connectivity index (χ1) is 12.2. The zero-order chi connectivity index (χ0) is 17.6. The average Bonchev–Trinajstić information content (AvgIpc) is 3.50. The van der Waals surface area contributed by atoms with Crippen LogP contribution in [0.25, 0.3) is 0 Å². The molecule has 2 unspecified atom stereocenters. The Balaban J connectivity index is 1.89. The number of likely N-dealkylation sites (N-methyl/N-ethyl adjacent to an activating group) is 1. The van der Waals surface area contributed by atoms with Crippen LogP contribution in [0.5, 0.6) is 0 Å². The molecule has 2 aromatic rings. The second-order valence-electron chi connectivity index (χ2n) is 6.75. The van der Waals surface area contributed by atoms with Crippen LogP contribution in [0.15, 0.2) is 60.7 Å². The lowest BCUT2D eigenvalue weighted by Gasteiger charge is -2.30. The van der Waals surface area contributed by atoms with Gasteiger partial charge in [-0.2, -0.15) is 0 Å². The van der Waals surface area contributed by atoms with Crippen LogP contribution in [0.1, 0.15) is 49.9 Å². The lowest BCUT2D eigenvalue weighted by Crippen LogP contribution is -2.42. The summed E-state index contributed by atoms with van der Waals surface area (Å²) in [5.41, 5.74) is 2.32. The first kappa shape index (κ1) is 17.7. The molecule has 2 aromatic carbocycles. The molecule has 0 saturated heterocycles. The number of nitrogens with zero attached hydrogens (tertiary/aromatic N) is 1. The van der Waals surface area contributed by atoms with Gasteiger partial charge in [0.1, 0.15) is 6.04 Å². The number of hydrogen-bond donors (Lipinski definition) is 1. The highest BCUT2D eigenvalue weighted by Crippen LogP contribution is 2.42. The highest BCUT2D eigenvalue weighted by molar-refractivity contribution is 5.83. The van der Waals surface area contributed by atoms with Crippen LogP contribution in [-0.4, -0.2) is 23.9 Å². The van der Waals surface area contributed by atoms with E-state index in [0.29, 0.717) is 5.92 Å². The quantitative estimate of drug-likeness (QED) is 0.778. The highest BCUT2D eigenvalue weighted by atomic mass is 16.2. The largest absolute Gasteiger partial charge is 0.342 e. The predicted molar refractivity (Wildman–Crippen MR) is 102 cm³/mol. The van der Waals surface area contributed by atoms with Crippen LogP contribution < -0.4 is 5.32 Å². The summed E-state index contributed by atoms with van der Waals surface area (Å²) in [6.45, 7) is 5.55. The van der Waals surface area contributed by atoms with Gasteiger partial charge in [-0.1, -0.05) is 60.7 Å². The van der Waals surface area contributed by atoms with E-state index in [1.54, 1.807) is 0 Å². The van der Waals surface area contributed by atoms with Gasteiger partial charge in [0.2, 0.25) is 5.91 Å². The summed E-state index contributed by atoms with van der Waals surface area (Å²) in [7, 11) is 0. The van der Waals surface area contributed by atoms with Crippen LogP contribution >= 0.6 is 0 Å². The molecule has 3 nitrogen and oxygen atoms in total. The van der Waals surface area contributed by atoms with Gasteiger partial charge >= 0.3 is 0 Å². The van der Waals surface area contributed by atoms with Crippen LogP contribution in [0.3, 0.4) is 0 Å². The van der Waals surface area contributed by atoms with E-state index in [4.69, 9.17) is 0 Å². The summed E-state index contributed by atoms with van der Waals surface area (Å²) in [5.74, 6) is 0.788. The third-order valence-corrected chi connectivity index (χ3v) is 5.05. The van der Waals surface area contributed by atoms with Gasteiger partial charge in [-0.15, -0.1) is 0 Å². The maximum absolute atomic E-state index is 13.2. The van der Waals surface area contributed by atoms with Gasteiger partial charge < -0.3 is 4.90 Å². The van der Waals surface area contributed by atoms with Gasteiger partial charge in [0.15, 0.2) is 0 Å². The number of nitrogens with one attached hydrogen (secondary N) is 1. The van der Waals surface area contributed by atoms with Crippen molar-refractivity contribution in [2.45, 2.75) is 38.8 Å². The molecule has 1 fully saturated rings. The van der Waals surface area contributed by atoms with Crippen molar-refractivity contribution in [3.8, 4) is 0 Å². The number of carbonyl (C=O) groups is 1. The monoisotopic (exact) mass is 336 g/mol. The Morgan fingerprint density at radius 2 is 1.48 bits per heavy atom. The molecule has 3 heteroatoms. The molecule has 0 spiro atoms. The van der Waals surface area contributed by atoms with Crippen LogP contribution in [0, 0.1) is 5.92 Å². The zero-order valence-electron chi connectivity index (χ0n) is 15.2. The summed E-state index contributed by atoms with van der Waals surface area (Å²) in [6.07, 6.45) is 2.46. The molecule has 1 N–H and O–H groups in total. The summed E-state index contributed by atoms with van der Waals surface area (Å²) >= 11 is 0. The maximum Gasteiger partial charge on any atom is 0.244 e. The van der Waals surface area contributed by atoms with Gasteiger partial charge in [-0.3, -0.25) is 10.1 Å². The van der Waals surface area contributed by atoms with E-state index in [9.17, 15) is 4.79 Å². The second-order valence-corrected chi connectivity index (χ2v) is 6.75. The standard InChI is InChI=1S/C22H28N2O/c1-3-24(4-2)22(25)21(18-13-9-6-10-14-18)23-20(19-15-16-19)17-11-7-5-8-12-17/h5-14,19-21,23H,3-4,15-16H2,1-2H3. The normalized spacial score (nSPS) is 16.2. The molecule has 0 aromatic heterocycles. The average molecular weight is 336 g/mol. The molecule has 0 aliphatic heterocycles. The van der Waals surface area contributed by atoms with Crippen molar-refractivity contribution >= 4 is 5.91 Å². The van der Waals surface area contributed by atoms with Crippen molar-refractivity contribution in [1.29, 1.82) is 0 Å². The molecule has 25 heavy (non-hydrogen) atoms. The van der Waals surface area contributed by atoms with Crippen molar-refractivity contribution in [2.24, 2.45) is 5.92 Å². The Labute approximate surface area is 151 Å². The minimum atomic E-state index is -0.299. The number of amides is 1. The molecular formula is C22H28N2O. The summed E-state index contributed by atoms with van der Waals surface area (Å²) in [4.78, 5) is 15.1. The number of carbonyl (C=O) groups excluding carboxylic acids is 1. The third-order valence-electron chi connectivity index (χ3n) is 5.05. The SMILES string of the molecule is CCN(CC)C(=O)C(NC(c1ccccc1)C1CC1)c1ccccc1. The fourth-order valence-corrected chi connectivity index (χ4v) is 3.45. The maximum atomic E-state index is 13.2. The molecular weight excluding hydrogens is 308 g/mol. The van der Waals surface area contributed by atoms with Gasteiger partial charge in [0, 0.05) is 19.1 Å². The molecule has 1 aliphatic carbocycles. The Morgan fingerprint density at radius 1 is 0.960 bits per heavy atom. The fraction of sp³-hybridized carbons (Fsp3) is 0.409. The Morgan fingerprint density at radius 3 is 1.96 bits per heavy atom. The van der Waals surface area contributed by atoms with E-state index < -0.39 is 0 Å². The van der Waals surface area contributed by atoms with E-state index in [1.165, 1.54) is 18.4 Å². The van der Waals surface area contributed by atoms with Crippen LogP contribution in [-0.2, 0) is 4.79 Å². The van der Waals surface area contributed by atoms with Crippen LogP contribution in [0.2, 0.25) is 0 Å². The molecule has 0 radical (unpaired) electrons. The molecule has 0 heterocycles. The molecule has 1 aliphatic rings. The smallest absolute Gasteiger partial charge is 0.244 e. The van der Waals surface area contributed by atoms with Crippen LogP contribution in [0.4, 0.5) is 0 Å². The molecule has 3 rings (SSSR count). The first-order valence-corrected chi connectivity index (χ1v) is 9.39. The fourth-order valence-electron chi connectivity index (χ4n) is 3.45. The van der Waals surface area contributed by atoms with Crippen molar-refractivity contribution in [3.63, 3.8) is 0 Å². The number of rotatable bonds is 8.